The number of aromatic nitrogens is 2. The van der Waals surface area contributed by atoms with E-state index in [9.17, 15) is 4.79 Å². The summed E-state index contributed by atoms with van der Waals surface area (Å²) in [5.41, 5.74) is 8.81. The first-order chi connectivity index (χ1) is 12.0. The zero-order valence-electron chi connectivity index (χ0n) is 15.6. The Morgan fingerprint density at radius 1 is 1.42 bits per heavy atom. The van der Waals surface area contributed by atoms with Crippen molar-refractivity contribution in [3.8, 4) is 0 Å². The number of carbonyl (C=O) groups is 1. The second-order valence-corrected chi connectivity index (χ2v) is 7.92. The van der Waals surface area contributed by atoms with Crippen LogP contribution in [0.25, 0.3) is 11.1 Å². The fourth-order valence-electron chi connectivity index (χ4n) is 3.89. The molecule has 26 heavy (non-hydrogen) atoms. The minimum Gasteiger partial charge on any atom is -0.336 e. The van der Waals surface area contributed by atoms with E-state index in [4.69, 9.17) is 10.3 Å². The number of nitrogens with zero attached hydrogens (tertiary/aromatic N) is 3. The van der Waals surface area contributed by atoms with Gasteiger partial charge < -0.3 is 15.2 Å². The van der Waals surface area contributed by atoms with Gasteiger partial charge in [0.2, 0.25) is 0 Å². The molecule has 3 heterocycles. The van der Waals surface area contributed by atoms with Gasteiger partial charge in [-0.25, -0.2) is 4.98 Å². The van der Waals surface area contributed by atoms with Gasteiger partial charge in [-0.15, -0.1) is 12.4 Å². The maximum atomic E-state index is 13.4. The average Bonchev–Trinajstić information content (AvgIpc) is 3.24. The minimum atomic E-state index is 0. The van der Waals surface area contributed by atoms with E-state index in [0.717, 1.165) is 42.6 Å². The number of hydrogen-bond donors (Lipinski definition) is 1. The van der Waals surface area contributed by atoms with E-state index in [0.29, 0.717) is 29.7 Å². The Morgan fingerprint density at radius 3 is 2.73 bits per heavy atom. The van der Waals surface area contributed by atoms with Crippen molar-refractivity contribution in [2.45, 2.75) is 57.9 Å². The lowest BCUT2D eigenvalue weighted by molar-refractivity contribution is 0.0745. The maximum Gasteiger partial charge on any atom is 0.259 e. The fourth-order valence-corrected chi connectivity index (χ4v) is 3.89. The molecule has 2 fully saturated rings. The van der Waals surface area contributed by atoms with Gasteiger partial charge in [0.05, 0.1) is 16.6 Å². The summed E-state index contributed by atoms with van der Waals surface area (Å²) in [5.74, 6) is 1.07. The second-order valence-electron chi connectivity index (χ2n) is 7.92. The van der Waals surface area contributed by atoms with Crippen LogP contribution in [-0.4, -0.2) is 40.1 Å². The molecule has 2 aromatic heterocycles. The Bertz CT molecular complexity index is 815. The first-order valence-corrected chi connectivity index (χ1v) is 9.30. The van der Waals surface area contributed by atoms with Crippen molar-refractivity contribution in [1.29, 1.82) is 0 Å². The number of amides is 1. The van der Waals surface area contributed by atoms with Crippen molar-refractivity contribution < 1.29 is 9.32 Å². The normalized spacial score (nSPS) is 22.9. The quantitative estimate of drug-likeness (QED) is 0.880. The van der Waals surface area contributed by atoms with Crippen molar-refractivity contribution in [1.82, 2.24) is 15.0 Å². The molecular formula is C19H27ClN4O2. The van der Waals surface area contributed by atoms with Crippen molar-refractivity contribution in [3.05, 3.63) is 23.0 Å². The molecule has 2 aliphatic rings. The number of halogens is 1. The predicted octanol–water partition coefficient (Wildman–Crippen LogP) is 3.45. The van der Waals surface area contributed by atoms with Crippen molar-refractivity contribution in [3.63, 3.8) is 0 Å². The molecule has 2 aromatic rings. The smallest absolute Gasteiger partial charge is 0.259 e. The zero-order valence-corrected chi connectivity index (χ0v) is 16.4. The molecule has 1 aliphatic heterocycles. The van der Waals surface area contributed by atoms with Gasteiger partial charge in [-0.2, -0.15) is 0 Å². The van der Waals surface area contributed by atoms with E-state index >= 15 is 0 Å². The first-order valence-electron chi connectivity index (χ1n) is 9.30. The number of rotatable bonds is 4. The van der Waals surface area contributed by atoms with Crippen molar-refractivity contribution >= 4 is 29.4 Å². The van der Waals surface area contributed by atoms with Crippen LogP contribution in [-0.2, 0) is 0 Å². The molecule has 0 aromatic carbocycles. The lowest BCUT2D eigenvalue weighted by Gasteiger charge is -2.22. The third kappa shape index (κ3) is 3.21. The van der Waals surface area contributed by atoms with E-state index in [-0.39, 0.29) is 30.3 Å². The molecule has 1 aliphatic carbocycles. The van der Waals surface area contributed by atoms with Crippen LogP contribution in [0.1, 0.15) is 73.6 Å². The second kappa shape index (κ2) is 7.16. The van der Waals surface area contributed by atoms with Crippen LogP contribution in [0.5, 0.6) is 0 Å². The number of hydrogen-bond acceptors (Lipinski definition) is 5. The summed E-state index contributed by atoms with van der Waals surface area (Å²) in [5, 5.41) is 4.99. The molecule has 1 saturated carbocycles. The summed E-state index contributed by atoms with van der Waals surface area (Å²) in [6.45, 7) is 7.57. The third-order valence-electron chi connectivity index (χ3n) is 5.52. The van der Waals surface area contributed by atoms with Gasteiger partial charge in [0.1, 0.15) is 0 Å². The largest absolute Gasteiger partial charge is 0.336 e. The number of nitrogens with two attached hydrogens (primary N) is 1. The molecule has 142 valence electrons. The first kappa shape index (κ1) is 19.1. The highest BCUT2D eigenvalue weighted by atomic mass is 35.5. The summed E-state index contributed by atoms with van der Waals surface area (Å²) in [6, 6.07) is 2.18. The summed E-state index contributed by atoms with van der Waals surface area (Å²) in [4.78, 5) is 20.0. The number of pyridine rings is 1. The van der Waals surface area contributed by atoms with E-state index in [2.05, 4.69) is 30.9 Å². The highest BCUT2D eigenvalue weighted by Crippen LogP contribution is 2.41. The van der Waals surface area contributed by atoms with E-state index in [1.807, 2.05) is 11.0 Å². The van der Waals surface area contributed by atoms with Crippen molar-refractivity contribution in [2.75, 3.05) is 13.1 Å². The Morgan fingerprint density at radius 2 is 2.15 bits per heavy atom. The molecule has 0 bridgehead atoms. The predicted molar refractivity (Wildman–Crippen MR) is 103 cm³/mol. The van der Waals surface area contributed by atoms with E-state index in [1.165, 1.54) is 0 Å². The molecular weight excluding hydrogens is 352 g/mol. The molecule has 7 heteroatoms. The van der Waals surface area contributed by atoms with Gasteiger partial charge >= 0.3 is 0 Å². The molecule has 2 atom stereocenters. The highest BCUT2D eigenvalue weighted by Gasteiger charge is 2.35. The van der Waals surface area contributed by atoms with Gasteiger partial charge in [-0.1, -0.05) is 19.0 Å². The fraction of sp³-hybridized carbons (Fsp3) is 0.632. The van der Waals surface area contributed by atoms with Crippen molar-refractivity contribution in [2.24, 2.45) is 11.7 Å². The lowest BCUT2D eigenvalue weighted by Crippen LogP contribution is -2.34. The summed E-state index contributed by atoms with van der Waals surface area (Å²) in [7, 11) is 0. The van der Waals surface area contributed by atoms with Gasteiger partial charge in [-0.05, 0) is 50.6 Å². The summed E-state index contributed by atoms with van der Waals surface area (Å²) >= 11 is 0. The number of likely N-dealkylation sites (tertiary alicyclic amines) is 1. The molecule has 2 N–H and O–H groups in total. The van der Waals surface area contributed by atoms with Crippen LogP contribution in [0, 0.1) is 5.92 Å². The molecule has 1 saturated heterocycles. The molecule has 0 radical (unpaired) electrons. The Labute approximate surface area is 159 Å². The highest BCUT2D eigenvalue weighted by molar-refractivity contribution is 6.06. The molecule has 4 rings (SSSR count). The van der Waals surface area contributed by atoms with E-state index in [1.54, 1.807) is 0 Å². The standard InChI is InChI=1S/C19H26N4O2.ClH/c1-10(2)17-16-14(19(24)23-9-12(8-20)6-11(23)3)7-15(13-4-5-13)21-18(16)25-22-17;/h7,10-13H,4-6,8-9,20H2,1-3H3;1H. The molecule has 2 unspecified atom stereocenters. The Balaban J connectivity index is 0.00000196. The van der Waals surface area contributed by atoms with Crippen LogP contribution in [0.2, 0.25) is 0 Å². The minimum absolute atomic E-state index is 0. The molecule has 6 nitrogen and oxygen atoms in total. The van der Waals surface area contributed by atoms with E-state index < -0.39 is 0 Å². The Kier molecular flexibility index (Phi) is 5.26. The zero-order chi connectivity index (χ0) is 17.7. The van der Waals surface area contributed by atoms with Crippen LogP contribution >= 0.6 is 12.4 Å². The summed E-state index contributed by atoms with van der Waals surface area (Å²) in [6.07, 6.45) is 3.23. The molecule has 1 amide bonds. The number of carbonyl (C=O) groups excluding carboxylic acids is 1. The third-order valence-corrected chi connectivity index (χ3v) is 5.52. The van der Waals surface area contributed by atoms with Gasteiger partial charge in [-0.3, -0.25) is 4.79 Å². The topological polar surface area (TPSA) is 85.2 Å². The molecule has 0 spiro atoms. The van der Waals surface area contributed by atoms with Crippen LogP contribution in [0.15, 0.2) is 10.6 Å². The maximum absolute atomic E-state index is 13.4. The lowest BCUT2D eigenvalue weighted by atomic mass is 10.0. The average molecular weight is 379 g/mol. The number of fused-ring (bicyclic) bond motifs is 1. The van der Waals surface area contributed by atoms with Gasteiger partial charge in [0, 0.05) is 24.2 Å². The van der Waals surface area contributed by atoms with Gasteiger partial charge in [0.15, 0.2) is 0 Å². The van der Waals surface area contributed by atoms with Crippen LogP contribution < -0.4 is 5.73 Å². The SMILES string of the molecule is CC(C)c1noc2nc(C3CC3)cc(C(=O)N3CC(CN)CC3C)c12.Cl. The Hall–Kier alpha value is -1.66. The monoisotopic (exact) mass is 378 g/mol. The van der Waals surface area contributed by atoms with Gasteiger partial charge in [0.25, 0.3) is 11.6 Å². The van der Waals surface area contributed by atoms with Crippen LogP contribution in [0.4, 0.5) is 0 Å². The summed E-state index contributed by atoms with van der Waals surface area (Å²) < 4.78 is 5.50. The van der Waals surface area contributed by atoms with Crippen LogP contribution in [0.3, 0.4) is 0 Å².